The van der Waals surface area contributed by atoms with Crippen molar-refractivity contribution < 1.29 is 9.72 Å². The van der Waals surface area contributed by atoms with E-state index in [4.69, 9.17) is 0 Å². The van der Waals surface area contributed by atoms with Gasteiger partial charge in [0.15, 0.2) is 0 Å². The molecule has 1 rings (SSSR count). The van der Waals surface area contributed by atoms with E-state index in [0.717, 1.165) is 0 Å². The van der Waals surface area contributed by atoms with Crippen LogP contribution in [0.5, 0.6) is 0 Å². The Hall–Kier alpha value is -0.970. The molecule has 1 fully saturated rings. The molecule has 0 amide bonds. The smallest absolute Gasteiger partial charge is 0.292 e. The van der Waals surface area contributed by atoms with Crippen molar-refractivity contribution in [1.82, 2.24) is 5.32 Å². The average molecular weight is 172 g/mol. The highest BCUT2D eigenvalue weighted by Gasteiger charge is 2.51. The Morgan fingerprint density at radius 1 is 1.75 bits per heavy atom. The van der Waals surface area contributed by atoms with Gasteiger partial charge in [0.05, 0.1) is 6.54 Å². The van der Waals surface area contributed by atoms with E-state index in [1.54, 1.807) is 6.92 Å². The molecule has 0 aromatic heterocycles. The highest BCUT2D eigenvalue weighted by Crippen LogP contribution is 2.21. The van der Waals surface area contributed by atoms with Gasteiger partial charge in [-0.2, -0.15) is 0 Å². The van der Waals surface area contributed by atoms with Crippen LogP contribution in [-0.2, 0) is 4.79 Å². The van der Waals surface area contributed by atoms with E-state index in [1.807, 2.05) is 0 Å². The van der Waals surface area contributed by atoms with Crippen molar-refractivity contribution in [1.29, 1.82) is 0 Å². The molecule has 68 valence electrons. The molecule has 1 atom stereocenters. The number of ketones is 1. The molecule has 5 nitrogen and oxygen atoms in total. The second kappa shape index (κ2) is 3.18. The van der Waals surface area contributed by atoms with Crippen LogP contribution in [0.25, 0.3) is 0 Å². The molecule has 1 N–H and O–H groups in total. The predicted octanol–water partition coefficient (Wildman–Crippen LogP) is -0.0257. The summed E-state index contributed by atoms with van der Waals surface area (Å²) in [4.78, 5) is 21.5. The summed E-state index contributed by atoms with van der Waals surface area (Å²) in [6.07, 6.45) is 0.565. The van der Waals surface area contributed by atoms with Gasteiger partial charge in [-0.15, -0.1) is 0 Å². The monoisotopic (exact) mass is 172 g/mol. The standard InChI is InChI=1S/C7H12N2O3/c1-2-6(10)7(9(11)12)3-4-8-5-7/h8H,2-5H2,1H3. The third kappa shape index (κ3) is 1.20. The number of hydrogen-bond donors (Lipinski definition) is 1. The number of nitrogens with zero attached hydrogens (tertiary/aromatic N) is 1. The normalized spacial score (nSPS) is 28.8. The third-order valence-electron chi connectivity index (χ3n) is 2.32. The van der Waals surface area contributed by atoms with Crippen molar-refractivity contribution in [2.75, 3.05) is 13.1 Å². The van der Waals surface area contributed by atoms with Gasteiger partial charge < -0.3 is 5.32 Å². The van der Waals surface area contributed by atoms with Crippen LogP contribution in [0, 0.1) is 10.1 Å². The summed E-state index contributed by atoms with van der Waals surface area (Å²) in [7, 11) is 0. The van der Waals surface area contributed by atoms with Crippen molar-refractivity contribution in [3.8, 4) is 0 Å². The van der Waals surface area contributed by atoms with Crippen molar-refractivity contribution in [3.63, 3.8) is 0 Å². The van der Waals surface area contributed by atoms with E-state index >= 15 is 0 Å². The summed E-state index contributed by atoms with van der Waals surface area (Å²) < 4.78 is 0. The van der Waals surface area contributed by atoms with E-state index in [1.165, 1.54) is 0 Å². The molecule has 0 aromatic rings. The number of carbonyl (C=O) groups excluding carboxylic acids is 1. The van der Waals surface area contributed by atoms with Crippen molar-refractivity contribution >= 4 is 5.78 Å². The SMILES string of the molecule is CCC(=O)C1([N+](=O)[O-])CCNC1. The molecule has 0 saturated carbocycles. The maximum absolute atomic E-state index is 11.3. The summed E-state index contributed by atoms with van der Waals surface area (Å²) >= 11 is 0. The molecule has 0 bridgehead atoms. The molecule has 0 aliphatic carbocycles. The lowest BCUT2D eigenvalue weighted by molar-refractivity contribution is -0.546. The van der Waals surface area contributed by atoms with Gasteiger partial charge in [0.25, 0.3) is 5.54 Å². The molecule has 0 aromatic carbocycles. The average Bonchev–Trinajstić information content (AvgIpc) is 2.52. The van der Waals surface area contributed by atoms with Gasteiger partial charge in [0, 0.05) is 24.3 Å². The fourth-order valence-electron chi connectivity index (χ4n) is 1.50. The Labute approximate surface area is 70.3 Å². The minimum Gasteiger partial charge on any atom is -0.310 e. The first kappa shape index (κ1) is 9.12. The highest BCUT2D eigenvalue weighted by atomic mass is 16.6. The number of carbonyl (C=O) groups is 1. The second-order valence-corrected chi connectivity index (χ2v) is 2.99. The zero-order chi connectivity index (χ0) is 9.19. The minimum absolute atomic E-state index is 0.187. The maximum Gasteiger partial charge on any atom is 0.292 e. The van der Waals surface area contributed by atoms with Crippen LogP contribution < -0.4 is 5.32 Å². The molecule has 1 aliphatic heterocycles. The lowest BCUT2D eigenvalue weighted by Crippen LogP contribution is -2.47. The molecule has 0 radical (unpaired) electrons. The summed E-state index contributed by atoms with van der Waals surface area (Å²) in [5, 5.41) is 13.5. The van der Waals surface area contributed by atoms with Crippen molar-refractivity contribution in [2.24, 2.45) is 0 Å². The molecule has 1 aliphatic rings. The summed E-state index contributed by atoms with van der Waals surface area (Å²) in [5.41, 5.74) is -1.32. The molecular formula is C7H12N2O3. The van der Waals surface area contributed by atoms with Crippen LogP contribution in [0.15, 0.2) is 0 Å². The van der Waals surface area contributed by atoms with Crippen LogP contribution in [-0.4, -0.2) is 29.3 Å². The molecule has 1 heterocycles. The van der Waals surface area contributed by atoms with Crippen molar-refractivity contribution in [2.45, 2.75) is 25.3 Å². The molecule has 12 heavy (non-hydrogen) atoms. The van der Waals surface area contributed by atoms with Gasteiger partial charge in [-0.1, -0.05) is 6.92 Å². The van der Waals surface area contributed by atoms with Gasteiger partial charge in [-0.05, 0) is 0 Å². The van der Waals surface area contributed by atoms with Crippen LogP contribution in [0.4, 0.5) is 0 Å². The van der Waals surface area contributed by atoms with Crippen LogP contribution in [0.2, 0.25) is 0 Å². The summed E-state index contributed by atoms with van der Waals surface area (Å²) in [6, 6.07) is 0. The van der Waals surface area contributed by atoms with Gasteiger partial charge >= 0.3 is 0 Å². The van der Waals surface area contributed by atoms with Gasteiger partial charge in [0.2, 0.25) is 5.78 Å². The van der Waals surface area contributed by atoms with Crippen molar-refractivity contribution in [3.05, 3.63) is 10.1 Å². The number of nitrogens with one attached hydrogen (secondary N) is 1. The van der Waals surface area contributed by atoms with Crippen LogP contribution >= 0.6 is 0 Å². The predicted molar refractivity (Wildman–Crippen MR) is 42.5 cm³/mol. The molecule has 0 spiro atoms. The van der Waals surface area contributed by atoms with E-state index in [9.17, 15) is 14.9 Å². The second-order valence-electron chi connectivity index (χ2n) is 2.99. The van der Waals surface area contributed by atoms with E-state index < -0.39 is 10.5 Å². The maximum atomic E-state index is 11.3. The van der Waals surface area contributed by atoms with Gasteiger partial charge in [-0.3, -0.25) is 14.9 Å². The Kier molecular flexibility index (Phi) is 2.42. The molecule has 1 saturated heterocycles. The zero-order valence-electron chi connectivity index (χ0n) is 7.00. The van der Waals surface area contributed by atoms with E-state index in [2.05, 4.69) is 5.32 Å². The lowest BCUT2D eigenvalue weighted by Gasteiger charge is -2.15. The quantitative estimate of drug-likeness (QED) is 0.479. The molecule has 1 unspecified atom stereocenters. The van der Waals surface area contributed by atoms with Crippen LogP contribution in [0.3, 0.4) is 0 Å². The highest BCUT2D eigenvalue weighted by molar-refractivity contribution is 5.87. The first-order valence-electron chi connectivity index (χ1n) is 4.02. The number of nitro groups is 1. The minimum atomic E-state index is -1.32. The Morgan fingerprint density at radius 3 is 2.75 bits per heavy atom. The topological polar surface area (TPSA) is 72.2 Å². The van der Waals surface area contributed by atoms with Gasteiger partial charge in [0.1, 0.15) is 0 Å². The third-order valence-corrected chi connectivity index (χ3v) is 2.32. The van der Waals surface area contributed by atoms with Crippen LogP contribution in [0.1, 0.15) is 19.8 Å². The number of rotatable bonds is 3. The zero-order valence-corrected chi connectivity index (χ0v) is 7.00. The van der Waals surface area contributed by atoms with E-state index in [0.29, 0.717) is 13.0 Å². The fraction of sp³-hybridized carbons (Fsp3) is 0.857. The van der Waals surface area contributed by atoms with Gasteiger partial charge in [-0.25, -0.2) is 0 Å². The molecule has 5 heteroatoms. The Morgan fingerprint density at radius 2 is 2.42 bits per heavy atom. The summed E-state index contributed by atoms with van der Waals surface area (Å²) in [6.45, 7) is 2.41. The fourth-order valence-corrected chi connectivity index (χ4v) is 1.50. The number of Topliss-reactive ketones (excluding diaryl/α,β-unsaturated/α-hetero) is 1. The largest absolute Gasteiger partial charge is 0.310 e. The van der Waals surface area contributed by atoms with E-state index in [-0.39, 0.29) is 18.7 Å². The Balaban J connectivity index is 2.86. The summed E-state index contributed by atoms with van der Waals surface area (Å²) in [5.74, 6) is -0.266. The Bertz CT molecular complexity index is 209. The first-order chi connectivity index (χ1) is 5.63. The first-order valence-corrected chi connectivity index (χ1v) is 4.02. The number of hydrogen-bond acceptors (Lipinski definition) is 4. The lowest BCUT2D eigenvalue weighted by atomic mass is 9.92. The molecular weight excluding hydrogens is 160 g/mol.